The van der Waals surface area contributed by atoms with Gasteiger partial charge in [0.25, 0.3) is 0 Å². The van der Waals surface area contributed by atoms with Crippen molar-refractivity contribution in [3.63, 3.8) is 0 Å². The molecule has 1 aromatic carbocycles. The zero-order valence-corrected chi connectivity index (χ0v) is 22.6. The van der Waals surface area contributed by atoms with Crippen molar-refractivity contribution >= 4 is 40.8 Å². The first-order valence-electron chi connectivity index (χ1n) is 13.3. The number of carbonyl (C=O) groups excluding carboxylic acids is 5. The third-order valence-corrected chi connectivity index (χ3v) is 6.70. The van der Waals surface area contributed by atoms with Crippen molar-refractivity contribution in [3.05, 3.63) is 41.2 Å². The van der Waals surface area contributed by atoms with E-state index in [9.17, 15) is 24.0 Å². The molecular weight excluding hydrogens is 502 g/mol. The maximum Gasteiger partial charge on any atom is 0.407 e. The van der Waals surface area contributed by atoms with Crippen molar-refractivity contribution < 1.29 is 28.7 Å². The standard InChI is InChI=1S/C28H35N5O6/c1-28(2,3)39-26(37)29-12-6-4-5-7-20(17-34)30-15-18-8-9-22-19(13-18)14-21-16-32(27(38)33(21)22)23-10-11-24(35)31-25(23)36/h8-9,13-14,23,30H,4-7,10-12,15-16H2,1-3H3,(H,29,37)(H,31,35,36). The van der Waals surface area contributed by atoms with Crippen molar-refractivity contribution in [2.45, 2.75) is 84.0 Å². The van der Waals surface area contributed by atoms with Crippen LogP contribution in [0.1, 0.15) is 70.6 Å². The molecule has 1 aromatic heterocycles. The average molecular weight is 538 g/mol. The lowest BCUT2D eigenvalue weighted by Crippen LogP contribution is -2.52. The number of hydrogen-bond donors (Lipinski definition) is 3. The molecule has 1 fully saturated rings. The predicted molar refractivity (Wildman–Crippen MR) is 143 cm³/mol. The SMILES string of the molecule is CC(C)(C)OC(=O)NCCCCCC(=C=O)NCc1ccc2c(c1)cc1n2C(=O)N(C2CCC(=O)NC2=O)C1. The minimum atomic E-state index is -0.650. The van der Waals surface area contributed by atoms with Crippen LogP contribution in [0.3, 0.4) is 0 Å². The largest absolute Gasteiger partial charge is 0.444 e. The Morgan fingerprint density at radius 3 is 2.64 bits per heavy atom. The smallest absolute Gasteiger partial charge is 0.407 e. The molecule has 4 rings (SSSR count). The molecule has 11 heteroatoms. The molecule has 39 heavy (non-hydrogen) atoms. The van der Waals surface area contributed by atoms with Gasteiger partial charge < -0.3 is 20.3 Å². The van der Waals surface area contributed by atoms with Gasteiger partial charge in [-0.15, -0.1) is 0 Å². The van der Waals surface area contributed by atoms with Crippen LogP contribution in [0.4, 0.5) is 9.59 Å². The summed E-state index contributed by atoms with van der Waals surface area (Å²) >= 11 is 0. The lowest BCUT2D eigenvalue weighted by molar-refractivity contribution is -0.136. The van der Waals surface area contributed by atoms with Gasteiger partial charge in [0.1, 0.15) is 17.6 Å². The lowest BCUT2D eigenvalue weighted by Gasteiger charge is -2.28. The number of nitrogens with zero attached hydrogens (tertiary/aromatic N) is 2. The third-order valence-electron chi connectivity index (χ3n) is 6.70. The van der Waals surface area contributed by atoms with Crippen LogP contribution in [0.5, 0.6) is 0 Å². The monoisotopic (exact) mass is 537 g/mol. The number of piperidine rings is 1. The van der Waals surface area contributed by atoms with E-state index in [2.05, 4.69) is 16.0 Å². The van der Waals surface area contributed by atoms with E-state index in [1.807, 2.05) is 51.0 Å². The van der Waals surface area contributed by atoms with Gasteiger partial charge in [-0.2, -0.15) is 0 Å². The summed E-state index contributed by atoms with van der Waals surface area (Å²) in [7, 11) is 0. The second-order valence-corrected chi connectivity index (χ2v) is 10.9. The third kappa shape index (κ3) is 6.86. The molecule has 1 saturated heterocycles. The highest BCUT2D eigenvalue weighted by atomic mass is 16.6. The van der Waals surface area contributed by atoms with Crippen LogP contribution >= 0.6 is 0 Å². The first-order valence-corrected chi connectivity index (χ1v) is 13.3. The summed E-state index contributed by atoms with van der Waals surface area (Å²) in [5.74, 6) is 1.24. The Morgan fingerprint density at radius 1 is 1.13 bits per heavy atom. The van der Waals surface area contributed by atoms with Gasteiger partial charge in [-0.25, -0.2) is 14.4 Å². The molecule has 0 aliphatic carbocycles. The highest BCUT2D eigenvalue weighted by Gasteiger charge is 2.39. The van der Waals surface area contributed by atoms with E-state index in [1.165, 1.54) is 4.90 Å². The van der Waals surface area contributed by atoms with Gasteiger partial charge in [0.15, 0.2) is 0 Å². The topological polar surface area (TPSA) is 139 Å². The number of aromatic nitrogens is 1. The molecule has 4 amide bonds. The summed E-state index contributed by atoms with van der Waals surface area (Å²) in [5, 5.41) is 9.09. The van der Waals surface area contributed by atoms with Crippen LogP contribution in [-0.2, 0) is 32.2 Å². The Hall–Kier alpha value is -4.11. The quantitative estimate of drug-likeness (QED) is 0.240. The molecule has 0 radical (unpaired) electrons. The Bertz CT molecular complexity index is 1330. The van der Waals surface area contributed by atoms with Gasteiger partial charge in [0.2, 0.25) is 11.8 Å². The molecule has 2 aliphatic rings. The number of amides is 4. The average Bonchev–Trinajstić information content (AvgIpc) is 3.37. The lowest BCUT2D eigenvalue weighted by atomic mass is 10.0. The van der Waals surface area contributed by atoms with Gasteiger partial charge in [-0.1, -0.05) is 12.5 Å². The molecule has 0 saturated carbocycles. The van der Waals surface area contributed by atoms with E-state index in [4.69, 9.17) is 4.74 Å². The second-order valence-electron chi connectivity index (χ2n) is 10.9. The van der Waals surface area contributed by atoms with E-state index in [-0.39, 0.29) is 18.4 Å². The molecule has 1 unspecified atom stereocenters. The van der Waals surface area contributed by atoms with Crippen molar-refractivity contribution in [2.75, 3.05) is 6.54 Å². The molecule has 2 aromatic rings. The van der Waals surface area contributed by atoms with E-state index in [0.29, 0.717) is 38.2 Å². The summed E-state index contributed by atoms with van der Waals surface area (Å²) in [4.78, 5) is 61.5. The van der Waals surface area contributed by atoms with Crippen LogP contribution in [0.2, 0.25) is 0 Å². The van der Waals surface area contributed by atoms with E-state index < -0.39 is 23.6 Å². The molecule has 3 N–H and O–H groups in total. The first-order chi connectivity index (χ1) is 18.6. The Kier molecular flexibility index (Phi) is 8.40. The van der Waals surface area contributed by atoms with Gasteiger partial charge in [0, 0.05) is 30.6 Å². The fraction of sp³-hybridized carbons (Fsp3) is 0.500. The number of hydrogen-bond acceptors (Lipinski definition) is 7. The van der Waals surface area contributed by atoms with Crippen molar-refractivity contribution in [2.24, 2.45) is 0 Å². The maximum atomic E-state index is 13.1. The Labute approximate surface area is 226 Å². The van der Waals surface area contributed by atoms with Crippen molar-refractivity contribution in [1.82, 2.24) is 25.4 Å². The molecule has 0 bridgehead atoms. The zero-order valence-electron chi connectivity index (χ0n) is 22.6. The van der Waals surface area contributed by atoms with Crippen molar-refractivity contribution in [3.8, 4) is 0 Å². The fourth-order valence-electron chi connectivity index (χ4n) is 4.86. The number of unbranched alkanes of at least 4 members (excludes halogenated alkanes) is 2. The number of benzene rings is 1. The number of alkyl carbamates (subject to hydrolysis) is 1. The number of carbonyl (C=O) groups is 4. The second kappa shape index (κ2) is 11.7. The van der Waals surface area contributed by atoms with Crippen LogP contribution in [0.15, 0.2) is 30.0 Å². The molecule has 1 atom stereocenters. The van der Waals surface area contributed by atoms with Crippen LogP contribution in [0.25, 0.3) is 10.9 Å². The normalized spacial score (nSPS) is 17.1. The molecule has 11 nitrogen and oxygen atoms in total. The Morgan fingerprint density at radius 2 is 1.92 bits per heavy atom. The van der Waals surface area contributed by atoms with Crippen molar-refractivity contribution in [1.29, 1.82) is 0 Å². The summed E-state index contributed by atoms with van der Waals surface area (Å²) in [6.07, 6.45) is 3.07. The van der Waals surface area contributed by atoms with Gasteiger partial charge >= 0.3 is 12.1 Å². The minimum absolute atomic E-state index is 0.217. The number of rotatable bonds is 10. The zero-order chi connectivity index (χ0) is 28.2. The number of allylic oxidation sites excluding steroid dienone is 1. The van der Waals surface area contributed by atoms with Crippen LogP contribution in [0, 0.1) is 0 Å². The molecular formula is C28H35N5O6. The summed E-state index contributed by atoms with van der Waals surface area (Å²) in [6.45, 7) is 6.70. The van der Waals surface area contributed by atoms with E-state index in [1.54, 1.807) is 4.57 Å². The van der Waals surface area contributed by atoms with Gasteiger partial charge in [0.05, 0.1) is 17.8 Å². The number of fused-ring (bicyclic) bond motifs is 3. The van der Waals surface area contributed by atoms with Gasteiger partial charge in [-0.3, -0.25) is 19.5 Å². The minimum Gasteiger partial charge on any atom is -0.444 e. The summed E-state index contributed by atoms with van der Waals surface area (Å²) < 4.78 is 6.82. The highest BCUT2D eigenvalue weighted by Crippen LogP contribution is 2.30. The van der Waals surface area contributed by atoms with Crippen LogP contribution in [-0.4, -0.2) is 57.5 Å². The first kappa shape index (κ1) is 27.9. The summed E-state index contributed by atoms with van der Waals surface area (Å²) in [5.41, 5.74) is 2.46. The van der Waals surface area contributed by atoms with E-state index >= 15 is 0 Å². The molecule has 2 aliphatic heterocycles. The van der Waals surface area contributed by atoms with E-state index in [0.717, 1.165) is 41.4 Å². The highest BCUT2D eigenvalue weighted by molar-refractivity contribution is 6.03. The maximum absolute atomic E-state index is 13.1. The number of nitrogens with one attached hydrogen (secondary N) is 3. The summed E-state index contributed by atoms with van der Waals surface area (Å²) in [6, 6.07) is 6.75. The number of ether oxygens (including phenoxy) is 1. The number of imide groups is 1. The molecule has 0 spiro atoms. The molecule has 208 valence electrons. The Balaban J connectivity index is 1.25. The van der Waals surface area contributed by atoms with Crippen LogP contribution < -0.4 is 16.0 Å². The fourth-order valence-corrected chi connectivity index (χ4v) is 4.86. The predicted octanol–water partition coefficient (Wildman–Crippen LogP) is 3.12. The molecule has 3 heterocycles. The van der Waals surface area contributed by atoms with Gasteiger partial charge in [-0.05, 0) is 70.2 Å².